The van der Waals surface area contributed by atoms with Crippen LogP contribution in [0.25, 0.3) is 10.9 Å². The van der Waals surface area contributed by atoms with E-state index in [9.17, 15) is 13.2 Å². The number of rotatable bonds is 2. The monoisotopic (exact) mass is 257 g/mol. The summed E-state index contributed by atoms with van der Waals surface area (Å²) in [4.78, 5) is 0. The Hall–Kier alpha value is -1.49. The van der Waals surface area contributed by atoms with Gasteiger partial charge in [-0.05, 0) is 31.0 Å². The Balaban J connectivity index is 2.83. The second-order valence-corrected chi connectivity index (χ2v) is 4.38. The van der Waals surface area contributed by atoms with E-state index in [1.165, 1.54) is 7.05 Å². The summed E-state index contributed by atoms with van der Waals surface area (Å²) in [7, 11) is 1.40. The smallest absolute Gasteiger partial charge is 0.396 e. The molecule has 2 aromatic rings. The molecule has 0 aliphatic carbocycles. The van der Waals surface area contributed by atoms with Crippen molar-refractivity contribution in [3.05, 3.63) is 35.0 Å². The van der Waals surface area contributed by atoms with Crippen molar-refractivity contribution < 1.29 is 18.3 Å². The van der Waals surface area contributed by atoms with Crippen LogP contribution in [0.5, 0.6) is 0 Å². The molecule has 1 aromatic heterocycles. The molecule has 2 nitrogen and oxygen atoms in total. The quantitative estimate of drug-likeness (QED) is 0.879. The zero-order chi connectivity index (χ0) is 13.5. The van der Waals surface area contributed by atoms with Crippen LogP contribution in [0.3, 0.4) is 0 Å². The lowest BCUT2D eigenvalue weighted by molar-refractivity contribution is -0.143. The van der Waals surface area contributed by atoms with Crippen molar-refractivity contribution in [1.82, 2.24) is 4.57 Å². The topological polar surface area (TPSA) is 25.2 Å². The van der Waals surface area contributed by atoms with Gasteiger partial charge in [-0.2, -0.15) is 13.2 Å². The first kappa shape index (κ1) is 13.0. The molecule has 0 aliphatic heterocycles. The lowest BCUT2D eigenvalue weighted by atomic mass is 10.1. The normalized spacial score (nSPS) is 12.3. The van der Waals surface area contributed by atoms with Crippen molar-refractivity contribution in [1.29, 1.82) is 0 Å². The summed E-state index contributed by atoms with van der Waals surface area (Å²) in [5.41, 5.74) is 0.945. The van der Waals surface area contributed by atoms with Gasteiger partial charge in [0, 0.05) is 24.6 Å². The second kappa shape index (κ2) is 4.31. The van der Waals surface area contributed by atoms with E-state index < -0.39 is 11.9 Å². The molecule has 18 heavy (non-hydrogen) atoms. The van der Waals surface area contributed by atoms with Crippen LogP contribution in [0.1, 0.15) is 16.8 Å². The number of aliphatic hydroxyl groups excluding tert-OH is 1. The number of fused-ring (bicyclic) bond motifs is 1. The molecule has 1 aromatic carbocycles. The van der Waals surface area contributed by atoms with E-state index in [0.29, 0.717) is 10.9 Å². The first-order valence-corrected chi connectivity index (χ1v) is 5.62. The molecule has 0 spiro atoms. The van der Waals surface area contributed by atoms with Gasteiger partial charge in [0.15, 0.2) is 0 Å². The SMILES string of the molecule is Cc1ccc2c(c1)c(CCO)c(C(F)(F)F)n2C. The van der Waals surface area contributed by atoms with E-state index in [1.807, 2.05) is 6.92 Å². The van der Waals surface area contributed by atoms with E-state index in [4.69, 9.17) is 5.11 Å². The van der Waals surface area contributed by atoms with Crippen LogP contribution in [0, 0.1) is 6.92 Å². The average molecular weight is 257 g/mol. The first-order valence-electron chi connectivity index (χ1n) is 5.62. The number of halogens is 3. The second-order valence-electron chi connectivity index (χ2n) is 4.38. The summed E-state index contributed by atoms with van der Waals surface area (Å²) >= 11 is 0. The molecule has 0 fully saturated rings. The molecule has 0 saturated carbocycles. The van der Waals surface area contributed by atoms with Gasteiger partial charge in [0.2, 0.25) is 0 Å². The third kappa shape index (κ3) is 1.99. The molecule has 0 saturated heterocycles. The largest absolute Gasteiger partial charge is 0.431 e. The summed E-state index contributed by atoms with van der Waals surface area (Å²) in [5, 5.41) is 9.54. The molecule has 0 bridgehead atoms. The molecule has 98 valence electrons. The number of hydrogen-bond donors (Lipinski definition) is 1. The minimum Gasteiger partial charge on any atom is -0.396 e. The predicted molar refractivity (Wildman–Crippen MR) is 63.4 cm³/mol. The molecule has 2 rings (SSSR count). The Bertz CT molecular complexity index is 584. The van der Waals surface area contributed by atoms with Gasteiger partial charge >= 0.3 is 6.18 Å². The van der Waals surface area contributed by atoms with Crippen LogP contribution in [0.4, 0.5) is 13.2 Å². The Morgan fingerprint density at radius 1 is 1.28 bits per heavy atom. The van der Waals surface area contributed by atoms with Gasteiger partial charge in [0.1, 0.15) is 5.69 Å². The van der Waals surface area contributed by atoms with Gasteiger partial charge in [0.25, 0.3) is 0 Å². The molecule has 1 N–H and O–H groups in total. The lowest BCUT2D eigenvalue weighted by Gasteiger charge is -2.10. The van der Waals surface area contributed by atoms with Gasteiger partial charge in [-0.15, -0.1) is 0 Å². The van der Waals surface area contributed by atoms with E-state index >= 15 is 0 Å². The van der Waals surface area contributed by atoms with Gasteiger partial charge in [-0.1, -0.05) is 11.6 Å². The maximum absolute atomic E-state index is 13.1. The Morgan fingerprint density at radius 2 is 1.94 bits per heavy atom. The van der Waals surface area contributed by atoms with Crippen molar-refractivity contribution in [3.8, 4) is 0 Å². The Kier molecular flexibility index (Phi) is 3.11. The number of hydrogen-bond acceptors (Lipinski definition) is 1. The van der Waals surface area contributed by atoms with Crippen molar-refractivity contribution in [3.63, 3.8) is 0 Å². The third-order valence-corrected chi connectivity index (χ3v) is 3.09. The molecule has 0 atom stereocenters. The molecule has 5 heteroatoms. The van der Waals surface area contributed by atoms with Gasteiger partial charge in [0.05, 0.1) is 0 Å². The zero-order valence-electron chi connectivity index (χ0n) is 10.2. The van der Waals surface area contributed by atoms with Crippen LogP contribution in [-0.4, -0.2) is 16.3 Å². The predicted octanol–water partition coefficient (Wildman–Crippen LogP) is 3.04. The number of nitrogens with zero attached hydrogens (tertiary/aromatic N) is 1. The van der Waals surface area contributed by atoms with Crippen LogP contribution < -0.4 is 0 Å². The maximum Gasteiger partial charge on any atom is 0.431 e. The summed E-state index contributed by atoms with van der Waals surface area (Å²) in [6, 6.07) is 5.20. The number of aryl methyl sites for hydroxylation is 2. The summed E-state index contributed by atoms with van der Waals surface area (Å²) in [5.74, 6) is 0. The molecular weight excluding hydrogens is 243 g/mol. The number of aliphatic hydroxyl groups is 1. The van der Waals surface area contributed by atoms with E-state index in [-0.39, 0.29) is 18.6 Å². The van der Waals surface area contributed by atoms with Crippen molar-refractivity contribution in [2.75, 3.05) is 6.61 Å². The first-order chi connectivity index (χ1) is 8.36. The van der Waals surface area contributed by atoms with E-state index in [1.54, 1.807) is 18.2 Å². The Morgan fingerprint density at radius 3 is 2.50 bits per heavy atom. The highest BCUT2D eigenvalue weighted by molar-refractivity contribution is 5.86. The van der Waals surface area contributed by atoms with Crippen LogP contribution in [0.2, 0.25) is 0 Å². The number of benzene rings is 1. The maximum atomic E-state index is 13.1. The Labute approximate surface area is 103 Å². The number of alkyl halides is 3. The molecule has 1 heterocycles. The van der Waals surface area contributed by atoms with Gasteiger partial charge in [-0.3, -0.25) is 0 Å². The summed E-state index contributed by atoms with van der Waals surface area (Å²) in [6.45, 7) is 1.54. The molecule has 0 unspecified atom stereocenters. The molecular formula is C13H14F3NO. The number of aromatic nitrogens is 1. The summed E-state index contributed by atoms with van der Waals surface area (Å²) < 4.78 is 40.4. The average Bonchev–Trinajstić information content (AvgIpc) is 2.52. The third-order valence-electron chi connectivity index (χ3n) is 3.09. The zero-order valence-corrected chi connectivity index (χ0v) is 10.2. The van der Waals surface area contributed by atoms with Crippen LogP contribution >= 0.6 is 0 Å². The fourth-order valence-electron chi connectivity index (χ4n) is 2.36. The van der Waals surface area contributed by atoms with Crippen molar-refractivity contribution >= 4 is 10.9 Å². The standard InChI is InChI=1S/C13H14F3NO/c1-8-3-4-11-10(7-8)9(5-6-18)12(17(11)2)13(14,15)16/h3-4,7,18H,5-6H2,1-2H3. The highest BCUT2D eigenvalue weighted by Gasteiger charge is 2.37. The van der Waals surface area contributed by atoms with Gasteiger partial charge in [-0.25, -0.2) is 0 Å². The minimum absolute atomic E-state index is 0.00956. The highest BCUT2D eigenvalue weighted by atomic mass is 19.4. The highest BCUT2D eigenvalue weighted by Crippen LogP contribution is 2.38. The van der Waals surface area contributed by atoms with E-state index in [2.05, 4.69) is 0 Å². The van der Waals surface area contributed by atoms with Crippen LogP contribution in [0.15, 0.2) is 18.2 Å². The minimum atomic E-state index is -4.41. The van der Waals surface area contributed by atoms with Crippen LogP contribution in [-0.2, 0) is 19.6 Å². The van der Waals surface area contributed by atoms with Crippen molar-refractivity contribution in [2.45, 2.75) is 19.5 Å². The fraction of sp³-hybridized carbons (Fsp3) is 0.385. The van der Waals surface area contributed by atoms with Gasteiger partial charge < -0.3 is 9.67 Å². The lowest BCUT2D eigenvalue weighted by Crippen LogP contribution is -2.14. The molecule has 0 radical (unpaired) electrons. The summed E-state index contributed by atoms with van der Waals surface area (Å²) in [6.07, 6.45) is -4.40. The van der Waals surface area contributed by atoms with E-state index in [0.717, 1.165) is 10.1 Å². The molecule has 0 aliphatic rings. The molecule has 0 amide bonds. The van der Waals surface area contributed by atoms with Crippen molar-refractivity contribution in [2.24, 2.45) is 7.05 Å². The fourth-order valence-corrected chi connectivity index (χ4v) is 2.36.